The van der Waals surface area contributed by atoms with Crippen LogP contribution in [-0.2, 0) is 11.3 Å². The molecule has 0 spiro atoms. The predicted octanol–water partition coefficient (Wildman–Crippen LogP) is 3.13. The van der Waals surface area contributed by atoms with Crippen molar-refractivity contribution < 1.29 is 28.8 Å². The Bertz CT molecular complexity index is 791. The van der Waals surface area contributed by atoms with E-state index in [-0.39, 0.29) is 12.7 Å². The second-order valence-corrected chi connectivity index (χ2v) is 7.66. The first-order chi connectivity index (χ1) is 15.1. The Kier molecular flexibility index (Phi) is 8.82. The highest BCUT2D eigenvalue weighted by Gasteiger charge is 2.22. The molecule has 0 aliphatic carbocycles. The van der Waals surface area contributed by atoms with Crippen molar-refractivity contribution in [1.29, 1.82) is 0 Å². The molecule has 1 N–H and O–H groups in total. The fraction of sp³-hybridized carbons (Fsp3) is 0.500. The molecule has 0 saturated carbocycles. The number of aliphatic hydroxyl groups is 1. The minimum atomic E-state index is -0.636. The summed E-state index contributed by atoms with van der Waals surface area (Å²) in [5.41, 5.74) is 1.08. The van der Waals surface area contributed by atoms with Gasteiger partial charge in [0.05, 0.1) is 27.4 Å². The van der Waals surface area contributed by atoms with E-state index < -0.39 is 6.10 Å². The van der Waals surface area contributed by atoms with Crippen LogP contribution >= 0.6 is 0 Å². The summed E-state index contributed by atoms with van der Waals surface area (Å²) in [5.74, 6) is 2.86. The first-order valence-electron chi connectivity index (χ1n) is 10.6. The maximum atomic E-state index is 10.6. The fourth-order valence-electron chi connectivity index (χ4n) is 3.73. The number of aliphatic hydroxyl groups excluding tert-OH is 1. The molecular weight excluding hydrogens is 398 g/mol. The number of ether oxygens (including phenoxy) is 5. The zero-order chi connectivity index (χ0) is 22.1. The van der Waals surface area contributed by atoms with Crippen molar-refractivity contribution in [2.24, 2.45) is 0 Å². The largest absolute Gasteiger partial charge is 0.497 e. The number of methoxy groups -OCH3 is 3. The predicted molar refractivity (Wildman–Crippen MR) is 118 cm³/mol. The Morgan fingerprint density at radius 2 is 1.74 bits per heavy atom. The lowest BCUT2D eigenvalue weighted by atomic mass is 10.1. The molecule has 0 unspecified atom stereocenters. The summed E-state index contributed by atoms with van der Waals surface area (Å²) in [6.45, 7) is 2.91. The first-order valence-corrected chi connectivity index (χ1v) is 10.6. The van der Waals surface area contributed by atoms with E-state index in [2.05, 4.69) is 4.90 Å². The van der Waals surface area contributed by atoms with E-state index in [0.29, 0.717) is 30.3 Å². The molecule has 1 aliphatic rings. The van der Waals surface area contributed by atoms with Crippen LogP contribution in [0.4, 0.5) is 0 Å². The molecule has 2 aromatic carbocycles. The number of hydrogen-bond donors (Lipinski definition) is 1. The van der Waals surface area contributed by atoms with Crippen molar-refractivity contribution in [2.75, 3.05) is 47.6 Å². The molecule has 1 heterocycles. The van der Waals surface area contributed by atoms with Gasteiger partial charge in [0.25, 0.3) is 0 Å². The molecule has 1 aliphatic heterocycles. The molecular formula is C24H33NO6. The molecule has 2 aromatic rings. The van der Waals surface area contributed by atoms with Gasteiger partial charge < -0.3 is 28.8 Å². The average molecular weight is 432 g/mol. The maximum absolute atomic E-state index is 10.6. The van der Waals surface area contributed by atoms with Gasteiger partial charge in [0.1, 0.15) is 24.2 Å². The number of rotatable bonds is 12. The van der Waals surface area contributed by atoms with Gasteiger partial charge in [-0.05, 0) is 54.8 Å². The second-order valence-electron chi connectivity index (χ2n) is 7.66. The van der Waals surface area contributed by atoms with Crippen LogP contribution in [0.1, 0.15) is 18.4 Å². The molecule has 7 heteroatoms. The topological polar surface area (TPSA) is 69.6 Å². The summed E-state index contributed by atoms with van der Waals surface area (Å²) in [5, 5.41) is 10.6. The van der Waals surface area contributed by atoms with Gasteiger partial charge >= 0.3 is 0 Å². The summed E-state index contributed by atoms with van der Waals surface area (Å²) >= 11 is 0. The molecule has 7 nitrogen and oxygen atoms in total. The van der Waals surface area contributed by atoms with Gasteiger partial charge in [0.2, 0.25) is 0 Å². The third-order valence-corrected chi connectivity index (χ3v) is 5.31. The molecule has 1 fully saturated rings. The fourth-order valence-corrected chi connectivity index (χ4v) is 3.73. The van der Waals surface area contributed by atoms with Gasteiger partial charge in [-0.1, -0.05) is 6.07 Å². The van der Waals surface area contributed by atoms with E-state index >= 15 is 0 Å². The molecule has 0 aromatic heterocycles. The second kappa shape index (κ2) is 11.8. The summed E-state index contributed by atoms with van der Waals surface area (Å²) in [7, 11) is 4.88. The smallest absolute Gasteiger partial charge is 0.161 e. The van der Waals surface area contributed by atoms with Crippen molar-refractivity contribution >= 4 is 0 Å². The van der Waals surface area contributed by atoms with E-state index in [0.717, 1.165) is 37.3 Å². The molecule has 0 bridgehead atoms. The standard InChI is InChI=1S/C24H33NO6/c1-27-20-7-9-21(10-8-20)31-17-19(26)15-25(16-22-5-4-12-30-22)14-18-6-11-23(28-2)24(13-18)29-3/h6-11,13,19,22,26H,4-5,12,14-17H2,1-3H3/t19-,22+/m0/s1. The molecule has 1 saturated heterocycles. The van der Waals surface area contributed by atoms with Crippen LogP contribution in [0.25, 0.3) is 0 Å². The summed E-state index contributed by atoms with van der Waals surface area (Å²) in [6.07, 6.45) is 1.68. The van der Waals surface area contributed by atoms with E-state index in [4.69, 9.17) is 23.7 Å². The van der Waals surface area contributed by atoms with E-state index in [1.54, 1.807) is 21.3 Å². The van der Waals surface area contributed by atoms with Crippen LogP contribution in [0.15, 0.2) is 42.5 Å². The van der Waals surface area contributed by atoms with Crippen molar-refractivity contribution in [2.45, 2.75) is 31.6 Å². The highest BCUT2D eigenvalue weighted by Crippen LogP contribution is 2.28. The third kappa shape index (κ3) is 7.02. The van der Waals surface area contributed by atoms with Crippen LogP contribution in [0.5, 0.6) is 23.0 Å². The van der Waals surface area contributed by atoms with Gasteiger partial charge in [-0.2, -0.15) is 0 Å². The number of hydrogen-bond acceptors (Lipinski definition) is 7. The summed E-state index contributed by atoms with van der Waals surface area (Å²) in [6, 6.07) is 13.2. The number of nitrogens with zero attached hydrogens (tertiary/aromatic N) is 1. The minimum absolute atomic E-state index is 0.190. The molecule has 3 rings (SSSR count). The zero-order valence-electron chi connectivity index (χ0n) is 18.6. The zero-order valence-corrected chi connectivity index (χ0v) is 18.6. The Balaban J connectivity index is 1.60. The highest BCUT2D eigenvalue weighted by atomic mass is 16.5. The highest BCUT2D eigenvalue weighted by molar-refractivity contribution is 5.42. The van der Waals surface area contributed by atoms with Crippen LogP contribution in [0.2, 0.25) is 0 Å². The average Bonchev–Trinajstić information content (AvgIpc) is 3.31. The van der Waals surface area contributed by atoms with E-state index in [1.165, 1.54) is 0 Å². The van der Waals surface area contributed by atoms with Gasteiger partial charge in [0.15, 0.2) is 11.5 Å². The monoisotopic (exact) mass is 431 g/mol. The van der Waals surface area contributed by atoms with Crippen molar-refractivity contribution in [1.82, 2.24) is 4.90 Å². The Labute approximate surface area is 184 Å². The lowest BCUT2D eigenvalue weighted by Crippen LogP contribution is -2.39. The maximum Gasteiger partial charge on any atom is 0.161 e. The molecule has 0 radical (unpaired) electrons. The van der Waals surface area contributed by atoms with Crippen molar-refractivity contribution in [3.63, 3.8) is 0 Å². The van der Waals surface area contributed by atoms with Crippen LogP contribution in [0.3, 0.4) is 0 Å². The first kappa shape index (κ1) is 23.2. The third-order valence-electron chi connectivity index (χ3n) is 5.31. The lowest BCUT2D eigenvalue weighted by Gasteiger charge is -2.27. The molecule has 2 atom stereocenters. The summed E-state index contributed by atoms with van der Waals surface area (Å²) in [4.78, 5) is 2.21. The Hall–Kier alpha value is -2.48. The normalized spacial score (nSPS) is 16.9. The Morgan fingerprint density at radius 3 is 2.39 bits per heavy atom. The lowest BCUT2D eigenvalue weighted by molar-refractivity contribution is 0.0313. The van der Waals surface area contributed by atoms with Gasteiger partial charge in [0, 0.05) is 26.2 Å². The molecule has 31 heavy (non-hydrogen) atoms. The quantitative estimate of drug-likeness (QED) is 0.554. The van der Waals surface area contributed by atoms with Gasteiger partial charge in [-0.3, -0.25) is 4.90 Å². The van der Waals surface area contributed by atoms with E-state index in [9.17, 15) is 5.11 Å². The number of benzene rings is 2. The van der Waals surface area contributed by atoms with Crippen LogP contribution in [-0.4, -0.2) is 69.8 Å². The van der Waals surface area contributed by atoms with Crippen molar-refractivity contribution in [3.05, 3.63) is 48.0 Å². The molecule has 170 valence electrons. The Morgan fingerprint density at radius 1 is 1.00 bits per heavy atom. The van der Waals surface area contributed by atoms with Crippen molar-refractivity contribution in [3.8, 4) is 23.0 Å². The van der Waals surface area contributed by atoms with Crippen LogP contribution < -0.4 is 18.9 Å². The SMILES string of the molecule is COc1ccc(OC[C@@H](O)CN(Cc2ccc(OC)c(OC)c2)C[C@H]2CCCO2)cc1. The molecule has 0 amide bonds. The van der Waals surface area contributed by atoms with Gasteiger partial charge in [-0.25, -0.2) is 0 Å². The minimum Gasteiger partial charge on any atom is -0.497 e. The van der Waals surface area contributed by atoms with E-state index in [1.807, 2.05) is 42.5 Å². The summed E-state index contributed by atoms with van der Waals surface area (Å²) < 4.78 is 27.5. The van der Waals surface area contributed by atoms with Crippen LogP contribution in [0, 0.1) is 0 Å². The van der Waals surface area contributed by atoms with Gasteiger partial charge in [-0.15, -0.1) is 0 Å².